The summed E-state index contributed by atoms with van der Waals surface area (Å²) in [6.45, 7) is 7.82. The van der Waals surface area contributed by atoms with Crippen molar-refractivity contribution >= 4 is 17.6 Å². The molecule has 0 spiro atoms. The van der Waals surface area contributed by atoms with Crippen molar-refractivity contribution in [2.24, 2.45) is 0 Å². The Hall–Kier alpha value is -4.72. The third-order valence-corrected chi connectivity index (χ3v) is 7.65. The van der Waals surface area contributed by atoms with Crippen LogP contribution in [0.15, 0.2) is 72.8 Å². The van der Waals surface area contributed by atoms with Crippen molar-refractivity contribution in [3.8, 4) is 28.4 Å². The van der Waals surface area contributed by atoms with E-state index in [1.54, 1.807) is 19.1 Å². The molecule has 41 heavy (non-hydrogen) atoms. The first kappa shape index (κ1) is 27.8. The van der Waals surface area contributed by atoms with Gasteiger partial charge in [-0.05, 0) is 56.2 Å². The number of benzene rings is 3. The molecule has 5 rings (SSSR count). The number of rotatable bonds is 6. The van der Waals surface area contributed by atoms with E-state index < -0.39 is 0 Å². The van der Waals surface area contributed by atoms with Gasteiger partial charge < -0.3 is 29.2 Å². The van der Waals surface area contributed by atoms with Crippen LogP contribution < -0.4 is 14.8 Å². The molecule has 4 aromatic rings. The molecule has 212 valence electrons. The number of ether oxygens (including phenoxy) is 2. The molecule has 3 amide bonds. The Bertz CT molecular complexity index is 1570. The van der Waals surface area contributed by atoms with Crippen molar-refractivity contribution in [3.05, 3.63) is 95.2 Å². The van der Waals surface area contributed by atoms with Gasteiger partial charge in [0.15, 0.2) is 11.5 Å². The van der Waals surface area contributed by atoms with Gasteiger partial charge in [0.1, 0.15) is 0 Å². The number of carbonyl (C=O) groups is 2. The van der Waals surface area contributed by atoms with E-state index in [1.165, 1.54) is 0 Å². The molecule has 0 saturated carbocycles. The van der Waals surface area contributed by atoms with E-state index in [-0.39, 0.29) is 11.9 Å². The largest absolute Gasteiger partial charge is 0.493 e. The third kappa shape index (κ3) is 5.63. The van der Waals surface area contributed by atoms with Crippen molar-refractivity contribution in [1.29, 1.82) is 0 Å². The Labute approximate surface area is 241 Å². The predicted molar refractivity (Wildman–Crippen MR) is 161 cm³/mol. The second-order valence-electron chi connectivity index (χ2n) is 10.3. The summed E-state index contributed by atoms with van der Waals surface area (Å²) in [7, 11) is 3.22. The molecule has 1 aliphatic heterocycles. The van der Waals surface area contributed by atoms with Crippen molar-refractivity contribution in [2.45, 2.75) is 20.8 Å². The fourth-order valence-electron chi connectivity index (χ4n) is 5.37. The quantitative estimate of drug-likeness (QED) is 0.315. The Morgan fingerprint density at radius 1 is 0.756 bits per heavy atom. The molecule has 2 heterocycles. The second-order valence-corrected chi connectivity index (χ2v) is 10.3. The van der Waals surface area contributed by atoms with Crippen LogP contribution >= 0.6 is 0 Å². The van der Waals surface area contributed by atoms with E-state index in [9.17, 15) is 9.59 Å². The van der Waals surface area contributed by atoms with Crippen LogP contribution in [0.2, 0.25) is 0 Å². The lowest BCUT2D eigenvalue weighted by molar-refractivity contribution is 0.0671. The van der Waals surface area contributed by atoms with Crippen molar-refractivity contribution in [1.82, 2.24) is 14.4 Å². The lowest BCUT2D eigenvalue weighted by Gasteiger charge is -2.34. The normalized spacial score (nSPS) is 13.2. The Morgan fingerprint density at radius 3 is 2.10 bits per heavy atom. The summed E-state index contributed by atoms with van der Waals surface area (Å²) in [5, 5.41) is 3.02. The second kappa shape index (κ2) is 11.8. The molecule has 0 aliphatic carbocycles. The molecule has 1 aliphatic rings. The minimum absolute atomic E-state index is 0.0478. The summed E-state index contributed by atoms with van der Waals surface area (Å²) in [5.74, 6) is 1.20. The maximum atomic E-state index is 13.9. The molecular formula is C33H36N4O4. The maximum absolute atomic E-state index is 13.9. The molecule has 1 N–H and O–H groups in total. The van der Waals surface area contributed by atoms with E-state index in [4.69, 9.17) is 9.47 Å². The average molecular weight is 553 g/mol. The molecular weight excluding hydrogens is 516 g/mol. The van der Waals surface area contributed by atoms with Gasteiger partial charge in [0.2, 0.25) is 0 Å². The zero-order chi connectivity index (χ0) is 29.1. The van der Waals surface area contributed by atoms with Crippen LogP contribution in [0.1, 0.15) is 27.2 Å². The zero-order valence-corrected chi connectivity index (χ0v) is 24.2. The molecule has 0 atom stereocenters. The molecule has 3 aromatic carbocycles. The Balaban J connectivity index is 1.38. The number of nitrogens with one attached hydrogen (secondary N) is 1. The molecule has 1 saturated heterocycles. The van der Waals surface area contributed by atoms with E-state index in [0.717, 1.165) is 39.5 Å². The molecule has 1 fully saturated rings. The topological polar surface area (TPSA) is 76.0 Å². The van der Waals surface area contributed by atoms with E-state index in [0.29, 0.717) is 43.2 Å². The van der Waals surface area contributed by atoms with Gasteiger partial charge in [-0.15, -0.1) is 0 Å². The molecule has 8 nitrogen and oxygen atoms in total. The molecule has 0 bridgehead atoms. The van der Waals surface area contributed by atoms with Gasteiger partial charge in [-0.25, -0.2) is 4.79 Å². The Morgan fingerprint density at radius 2 is 1.44 bits per heavy atom. The number of hydrogen-bond acceptors (Lipinski definition) is 4. The zero-order valence-electron chi connectivity index (χ0n) is 24.2. The summed E-state index contributed by atoms with van der Waals surface area (Å²) >= 11 is 0. The van der Waals surface area contributed by atoms with Crippen LogP contribution in [0, 0.1) is 20.8 Å². The average Bonchev–Trinajstić information content (AvgIpc) is 3.35. The van der Waals surface area contributed by atoms with Crippen molar-refractivity contribution < 1.29 is 19.1 Å². The third-order valence-electron chi connectivity index (χ3n) is 7.65. The summed E-state index contributed by atoms with van der Waals surface area (Å²) in [4.78, 5) is 30.4. The van der Waals surface area contributed by atoms with Crippen LogP contribution in [0.5, 0.6) is 11.5 Å². The van der Waals surface area contributed by atoms with E-state index in [1.807, 2.05) is 98.5 Å². The maximum Gasteiger partial charge on any atom is 0.321 e. The van der Waals surface area contributed by atoms with Crippen LogP contribution in [-0.2, 0) is 0 Å². The fourth-order valence-corrected chi connectivity index (χ4v) is 5.37. The number of methoxy groups -OCH3 is 2. The van der Waals surface area contributed by atoms with E-state index in [2.05, 4.69) is 9.88 Å². The monoisotopic (exact) mass is 552 g/mol. The highest BCUT2D eigenvalue weighted by Crippen LogP contribution is 2.35. The lowest BCUT2D eigenvalue weighted by Crippen LogP contribution is -2.51. The first-order valence-electron chi connectivity index (χ1n) is 13.7. The minimum Gasteiger partial charge on any atom is -0.493 e. The summed E-state index contributed by atoms with van der Waals surface area (Å²) < 4.78 is 13.1. The van der Waals surface area contributed by atoms with Crippen molar-refractivity contribution in [2.75, 3.05) is 45.7 Å². The van der Waals surface area contributed by atoms with Gasteiger partial charge in [0.05, 0.1) is 25.5 Å². The fraction of sp³-hybridized carbons (Fsp3) is 0.273. The first-order chi connectivity index (χ1) is 19.8. The van der Waals surface area contributed by atoms with Gasteiger partial charge in [-0.2, -0.15) is 0 Å². The lowest BCUT2D eigenvalue weighted by atomic mass is 10.1. The number of hydrogen-bond donors (Lipinski definition) is 1. The number of aryl methyl sites for hydroxylation is 2. The van der Waals surface area contributed by atoms with Crippen LogP contribution in [0.4, 0.5) is 10.5 Å². The van der Waals surface area contributed by atoms with Gasteiger partial charge in [0.25, 0.3) is 5.91 Å². The molecule has 0 radical (unpaired) electrons. The summed E-state index contributed by atoms with van der Waals surface area (Å²) in [6.07, 6.45) is 0. The molecule has 1 aromatic heterocycles. The molecule has 0 unspecified atom stereocenters. The number of aromatic nitrogens is 1. The number of anilines is 1. The molecule has 8 heteroatoms. The van der Waals surface area contributed by atoms with Crippen LogP contribution in [-0.4, -0.2) is 66.7 Å². The summed E-state index contributed by atoms with van der Waals surface area (Å²) in [5.41, 5.74) is 7.21. The number of piperazine rings is 1. The number of nitrogens with zero attached hydrogens (tertiary/aromatic N) is 3. The van der Waals surface area contributed by atoms with Crippen LogP contribution in [0.25, 0.3) is 16.9 Å². The van der Waals surface area contributed by atoms with Gasteiger partial charge >= 0.3 is 6.03 Å². The number of amides is 3. The summed E-state index contributed by atoms with van der Waals surface area (Å²) in [6, 6.07) is 23.5. The van der Waals surface area contributed by atoms with E-state index >= 15 is 0 Å². The van der Waals surface area contributed by atoms with Gasteiger partial charge in [0, 0.05) is 49.3 Å². The number of urea groups is 1. The van der Waals surface area contributed by atoms with Crippen LogP contribution in [0.3, 0.4) is 0 Å². The van der Waals surface area contributed by atoms with Gasteiger partial charge in [-0.3, -0.25) is 4.79 Å². The smallest absolute Gasteiger partial charge is 0.321 e. The van der Waals surface area contributed by atoms with Gasteiger partial charge in [-0.1, -0.05) is 48.0 Å². The predicted octanol–water partition coefficient (Wildman–Crippen LogP) is 6.08. The SMILES string of the molecule is COc1ccc(-n2c(-c3ccccc3)cc(C(=O)N3CCN(C(=O)Nc4ccc(C)cc4C)CC3)c2C)cc1OC. The standard InChI is InChI=1S/C33H36N4O4/c1-22-11-13-28(23(2)19-22)34-33(39)36-17-15-35(16-18-36)32(38)27-21-29(25-9-7-6-8-10-25)37(24(27)3)26-12-14-30(40-4)31(20-26)41-5/h6-14,19-21H,15-18H2,1-5H3,(H,34,39). The highest BCUT2D eigenvalue weighted by molar-refractivity contribution is 5.98. The van der Waals surface area contributed by atoms with Crippen molar-refractivity contribution in [3.63, 3.8) is 0 Å². The Kier molecular flexibility index (Phi) is 8.01. The highest BCUT2D eigenvalue weighted by atomic mass is 16.5. The highest BCUT2D eigenvalue weighted by Gasteiger charge is 2.28. The first-order valence-corrected chi connectivity index (χ1v) is 13.7. The number of carbonyl (C=O) groups excluding carboxylic acids is 2. The minimum atomic E-state index is -0.147.